The average Bonchev–Trinajstić information content (AvgIpc) is 3.52. The van der Waals surface area contributed by atoms with Gasteiger partial charge in [0.25, 0.3) is 0 Å². The molecule has 6 rings (SSSR count). The number of nitrogens with one attached hydrogen (secondary N) is 1. The number of piperidine rings is 1. The normalized spacial score (nSPS) is 16.4. The van der Waals surface area contributed by atoms with Crippen LogP contribution in [0, 0.1) is 11.3 Å². The summed E-state index contributed by atoms with van der Waals surface area (Å²) in [5.41, 5.74) is 6.52. The van der Waals surface area contributed by atoms with Gasteiger partial charge in [-0.25, -0.2) is 0 Å². The Labute approximate surface area is 292 Å². The lowest BCUT2D eigenvalue weighted by Crippen LogP contribution is -2.36. The summed E-state index contributed by atoms with van der Waals surface area (Å²) in [6, 6.07) is 19.8. The molecule has 0 spiro atoms. The Morgan fingerprint density at radius 3 is 2.60 bits per heavy atom. The summed E-state index contributed by atoms with van der Waals surface area (Å²) in [6.07, 6.45) is 7.08. The van der Waals surface area contributed by atoms with Crippen molar-refractivity contribution >= 4 is 23.2 Å². The molecule has 10 heteroatoms. The maximum atomic E-state index is 9.75. The van der Waals surface area contributed by atoms with E-state index in [1.807, 2.05) is 43.4 Å². The van der Waals surface area contributed by atoms with Gasteiger partial charge in [0.1, 0.15) is 36.0 Å². The highest BCUT2D eigenvalue weighted by Crippen LogP contribution is 2.45. The molecule has 0 bridgehead atoms. The Hall–Kier alpha value is -3.84. The molecule has 48 heavy (non-hydrogen) atoms. The number of hydrogen-bond donors (Lipinski definition) is 2. The van der Waals surface area contributed by atoms with Gasteiger partial charge in [-0.05, 0) is 74.0 Å². The van der Waals surface area contributed by atoms with Gasteiger partial charge in [0.15, 0.2) is 0 Å². The minimum Gasteiger partial charge on any atom is -0.492 e. The van der Waals surface area contributed by atoms with E-state index in [2.05, 4.69) is 33.4 Å². The van der Waals surface area contributed by atoms with E-state index in [-0.39, 0.29) is 18.8 Å². The molecule has 2 heterocycles. The van der Waals surface area contributed by atoms with Crippen LogP contribution in [0.4, 0.5) is 0 Å². The predicted molar refractivity (Wildman–Crippen MR) is 188 cm³/mol. The molecule has 3 aromatic carbocycles. The summed E-state index contributed by atoms with van der Waals surface area (Å²) in [5, 5.41) is 23.3. The molecule has 0 amide bonds. The fraction of sp³-hybridized carbons (Fsp3) is 0.368. The van der Waals surface area contributed by atoms with Crippen molar-refractivity contribution in [2.24, 2.45) is 0 Å². The fourth-order valence-electron chi connectivity index (χ4n) is 6.51. The average molecular weight is 688 g/mol. The third-order valence-corrected chi connectivity index (χ3v) is 9.66. The number of nitriles is 1. The lowest BCUT2D eigenvalue weighted by Gasteiger charge is -2.29. The lowest BCUT2D eigenvalue weighted by molar-refractivity contribution is 0.0800. The second-order valence-electron chi connectivity index (χ2n) is 12.3. The Morgan fingerprint density at radius 2 is 1.79 bits per heavy atom. The van der Waals surface area contributed by atoms with Crippen LogP contribution in [-0.4, -0.2) is 54.4 Å². The SMILES string of the molecule is CNCc1cc(Cl)c(O[C@H]2CCc3c(-c4cccc(OCCCN5CCC(O)CC5)c4Cl)cccc32)cc1OCc1cncc(C#N)c1. The predicted octanol–water partition coefficient (Wildman–Crippen LogP) is 7.52. The van der Waals surface area contributed by atoms with Crippen LogP contribution >= 0.6 is 23.2 Å². The first-order valence-electron chi connectivity index (χ1n) is 16.5. The summed E-state index contributed by atoms with van der Waals surface area (Å²) in [5.74, 6) is 1.88. The molecule has 4 aromatic rings. The van der Waals surface area contributed by atoms with Gasteiger partial charge in [-0.3, -0.25) is 4.98 Å². The monoisotopic (exact) mass is 686 g/mol. The van der Waals surface area contributed by atoms with Gasteiger partial charge in [0.2, 0.25) is 0 Å². The highest BCUT2D eigenvalue weighted by molar-refractivity contribution is 6.35. The number of hydrogen-bond acceptors (Lipinski definition) is 8. The Kier molecular flexibility index (Phi) is 11.4. The zero-order valence-corrected chi connectivity index (χ0v) is 28.6. The molecular formula is C38H40Cl2N4O4. The van der Waals surface area contributed by atoms with E-state index < -0.39 is 0 Å². The van der Waals surface area contributed by atoms with Crippen molar-refractivity contribution in [3.8, 4) is 34.4 Å². The molecule has 1 aliphatic heterocycles. The van der Waals surface area contributed by atoms with Gasteiger partial charge in [-0.1, -0.05) is 53.5 Å². The molecule has 250 valence electrons. The van der Waals surface area contributed by atoms with Gasteiger partial charge in [0, 0.05) is 61.3 Å². The highest BCUT2D eigenvalue weighted by Gasteiger charge is 2.28. The van der Waals surface area contributed by atoms with E-state index in [1.54, 1.807) is 12.3 Å². The van der Waals surface area contributed by atoms with Crippen LogP contribution < -0.4 is 19.5 Å². The number of nitrogens with zero attached hydrogens (tertiary/aromatic N) is 3. The first-order valence-corrected chi connectivity index (χ1v) is 17.2. The number of pyridine rings is 1. The van der Waals surface area contributed by atoms with E-state index in [1.165, 1.54) is 11.8 Å². The summed E-state index contributed by atoms with van der Waals surface area (Å²) in [6.45, 7) is 4.20. The minimum absolute atomic E-state index is 0.162. The molecule has 1 aromatic heterocycles. The third-order valence-electron chi connectivity index (χ3n) is 8.97. The Bertz CT molecular complexity index is 1770. The maximum Gasteiger partial charge on any atom is 0.142 e. The van der Waals surface area contributed by atoms with Crippen molar-refractivity contribution in [1.82, 2.24) is 15.2 Å². The van der Waals surface area contributed by atoms with Crippen LogP contribution in [0.25, 0.3) is 11.1 Å². The summed E-state index contributed by atoms with van der Waals surface area (Å²) in [4.78, 5) is 6.52. The number of aromatic nitrogens is 1. The first-order chi connectivity index (χ1) is 23.4. The van der Waals surface area contributed by atoms with Crippen molar-refractivity contribution in [2.45, 2.75) is 57.5 Å². The first kappa shape index (κ1) is 34.0. The van der Waals surface area contributed by atoms with Crippen molar-refractivity contribution in [1.29, 1.82) is 5.26 Å². The lowest BCUT2D eigenvalue weighted by atomic mass is 9.96. The molecule has 1 fully saturated rings. The third kappa shape index (κ3) is 8.06. The second kappa shape index (κ2) is 16.0. The Morgan fingerprint density at radius 1 is 0.979 bits per heavy atom. The van der Waals surface area contributed by atoms with E-state index in [0.29, 0.717) is 46.0 Å². The van der Waals surface area contributed by atoms with Crippen LogP contribution in [0.2, 0.25) is 10.0 Å². The molecule has 2 aliphatic rings. The number of aliphatic hydroxyl groups excluding tert-OH is 1. The zero-order chi connectivity index (χ0) is 33.5. The topological polar surface area (TPSA) is 99.9 Å². The summed E-state index contributed by atoms with van der Waals surface area (Å²) in [7, 11) is 1.87. The van der Waals surface area contributed by atoms with Crippen molar-refractivity contribution in [3.63, 3.8) is 0 Å². The molecule has 8 nitrogen and oxygen atoms in total. The zero-order valence-electron chi connectivity index (χ0n) is 27.1. The number of benzene rings is 3. The summed E-state index contributed by atoms with van der Waals surface area (Å²) < 4.78 is 19.0. The quantitative estimate of drug-likeness (QED) is 0.139. The second-order valence-corrected chi connectivity index (χ2v) is 13.1. The molecule has 1 atom stereocenters. The molecule has 0 radical (unpaired) electrons. The Balaban J connectivity index is 1.16. The maximum absolute atomic E-state index is 9.75. The van der Waals surface area contributed by atoms with E-state index in [9.17, 15) is 10.4 Å². The van der Waals surface area contributed by atoms with Crippen LogP contribution in [0.5, 0.6) is 17.2 Å². The minimum atomic E-state index is -0.189. The highest BCUT2D eigenvalue weighted by atomic mass is 35.5. The molecular weight excluding hydrogens is 647 g/mol. The number of ether oxygens (including phenoxy) is 3. The molecule has 1 aliphatic carbocycles. The van der Waals surface area contributed by atoms with Crippen LogP contribution in [0.15, 0.2) is 67.0 Å². The van der Waals surface area contributed by atoms with Gasteiger partial charge in [-0.2, -0.15) is 5.26 Å². The van der Waals surface area contributed by atoms with E-state index in [4.69, 9.17) is 37.4 Å². The van der Waals surface area contributed by atoms with E-state index in [0.717, 1.165) is 79.6 Å². The molecule has 0 saturated carbocycles. The smallest absolute Gasteiger partial charge is 0.142 e. The standard InChI is InChI=1S/C38H40Cl2N4O4/c1-42-23-27-18-33(39)37(19-36(27)47-24-26-17-25(20-41)21-43-22-26)48-34-10-9-30-29(5-2-6-31(30)34)32-7-3-8-35(38(32)40)46-16-4-13-44-14-11-28(45)12-15-44/h2-3,5-8,17-19,21-22,28,34,42,45H,4,9-16,23-24H2,1H3/t34-/m0/s1. The molecule has 2 N–H and O–H groups in total. The number of likely N-dealkylation sites (tertiary alicyclic amines) is 1. The van der Waals surface area contributed by atoms with Crippen LogP contribution in [0.1, 0.15) is 59.6 Å². The van der Waals surface area contributed by atoms with Gasteiger partial charge >= 0.3 is 0 Å². The molecule has 0 unspecified atom stereocenters. The van der Waals surface area contributed by atoms with Gasteiger partial charge in [0.05, 0.1) is 28.3 Å². The van der Waals surface area contributed by atoms with Crippen LogP contribution in [-0.2, 0) is 19.6 Å². The number of halogens is 2. The summed E-state index contributed by atoms with van der Waals surface area (Å²) >= 11 is 13.7. The van der Waals surface area contributed by atoms with Crippen LogP contribution in [0.3, 0.4) is 0 Å². The fourth-order valence-corrected chi connectivity index (χ4v) is 7.02. The van der Waals surface area contributed by atoms with Crippen molar-refractivity contribution in [2.75, 3.05) is 33.3 Å². The van der Waals surface area contributed by atoms with Gasteiger partial charge < -0.3 is 29.5 Å². The van der Waals surface area contributed by atoms with Crippen molar-refractivity contribution in [3.05, 3.63) is 105 Å². The van der Waals surface area contributed by atoms with E-state index >= 15 is 0 Å². The number of fused-ring (bicyclic) bond motifs is 1. The van der Waals surface area contributed by atoms with Crippen molar-refractivity contribution < 1.29 is 19.3 Å². The number of aliphatic hydroxyl groups is 1. The number of rotatable bonds is 13. The molecule has 1 saturated heterocycles. The largest absolute Gasteiger partial charge is 0.492 e. The van der Waals surface area contributed by atoms with Gasteiger partial charge in [-0.15, -0.1) is 0 Å².